The molecule has 0 aromatic heterocycles. The molecule has 5 nitrogen and oxygen atoms in total. The molecule has 1 aliphatic heterocycles. The molecule has 3 atom stereocenters. The van der Waals surface area contributed by atoms with Crippen LogP contribution >= 0.6 is 0 Å². The lowest BCUT2D eigenvalue weighted by atomic mass is 9.95. The van der Waals surface area contributed by atoms with Gasteiger partial charge in [-0.15, -0.1) is 0 Å². The van der Waals surface area contributed by atoms with Gasteiger partial charge in [-0.05, 0) is 31.7 Å². The molecule has 1 heterocycles. The highest BCUT2D eigenvalue weighted by Gasteiger charge is 2.31. The van der Waals surface area contributed by atoms with Gasteiger partial charge in [-0.25, -0.2) is 0 Å². The quantitative estimate of drug-likeness (QED) is 0.839. The van der Waals surface area contributed by atoms with Gasteiger partial charge in [0.15, 0.2) is 0 Å². The molecule has 3 unspecified atom stereocenters. The van der Waals surface area contributed by atoms with E-state index in [9.17, 15) is 9.59 Å². The molecule has 132 valence electrons. The Morgan fingerprint density at radius 3 is 2.71 bits per heavy atom. The first-order chi connectivity index (χ1) is 11.5. The minimum absolute atomic E-state index is 0.0572. The smallest absolute Gasteiger partial charge is 0.244 e. The Morgan fingerprint density at radius 2 is 2.04 bits per heavy atom. The van der Waals surface area contributed by atoms with Crippen molar-refractivity contribution in [2.24, 2.45) is 11.7 Å². The van der Waals surface area contributed by atoms with Crippen LogP contribution in [0.3, 0.4) is 0 Å². The predicted molar refractivity (Wildman–Crippen MR) is 95.2 cm³/mol. The summed E-state index contributed by atoms with van der Waals surface area (Å²) in [5, 5.41) is 3.06. The van der Waals surface area contributed by atoms with Gasteiger partial charge in [0.25, 0.3) is 0 Å². The number of benzene rings is 1. The third-order valence-corrected chi connectivity index (χ3v) is 4.64. The third kappa shape index (κ3) is 4.81. The molecule has 0 saturated carbocycles. The number of rotatable bonds is 6. The van der Waals surface area contributed by atoms with Crippen molar-refractivity contribution >= 4 is 11.8 Å². The van der Waals surface area contributed by atoms with Gasteiger partial charge in [0.2, 0.25) is 11.8 Å². The second-order valence-corrected chi connectivity index (χ2v) is 6.71. The maximum Gasteiger partial charge on any atom is 0.244 e. The van der Waals surface area contributed by atoms with Gasteiger partial charge in [-0.3, -0.25) is 9.59 Å². The summed E-state index contributed by atoms with van der Waals surface area (Å²) in [6, 6.07) is 8.91. The van der Waals surface area contributed by atoms with E-state index in [1.807, 2.05) is 37.3 Å². The van der Waals surface area contributed by atoms with E-state index in [1.54, 1.807) is 4.90 Å². The number of likely N-dealkylation sites (tertiary alicyclic amines) is 1. The highest BCUT2D eigenvalue weighted by atomic mass is 16.2. The van der Waals surface area contributed by atoms with Gasteiger partial charge in [0.05, 0.1) is 5.92 Å². The average Bonchev–Trinajstić information content (AvgIpc) is 2.61. The first-order valence-corrected chi connectivity index (χ1v) is 8.92. The second kappa shape index (κ2) is 8.83. The molecule has 0 spiro atoms. The van der Waals surface area contributed by atoms with Crippen LogP contribution in [0.2, 0.25) is 0 Å². The maximum absolute atomic E-state index is 12.7. The number of amides is 2. The van der Waals surface area contributed by atoms with E-state index in [2.05, 4.69) is 12.2 Å². The summed E-state index contributed by atoms with van der Waals surface area (Å²) >= 11 is 0. The zero-order valence-corrected chi connectivity index (χ0v) is 14.7. The molecule has 1 fully saturated rings. The zero-order chi connectivity index (χ0) is 17.5. The van der Waals surface area contributed by atoms with Crippen LogP contribution in [0, 0.1) is 5.92 Å². The molecule has 0 radical (unpaired) electrons. The fraction of sp³-hybridized carbons (Fsp3) is 0.579. The molecule has 0 bridgehead atoms. The third-order valence-electron chi connectivity index (χ3n) is 4.64. The van der Waals surface area contributed by atoms with Crippen LogP contribution in [0.15, 0.2) is 30.3 Å². The fourth-order valence-corrected chi connectivity index (χ4v) is 3.26. The molecule has 1 aliphatic rings. The Bertz CT molecular complexity index is 547. The molecule has 24 heavy (non-hydrogen) atoms. The number of carbonyl (C=O) groups excluding carboxylic acids is 2. The average molecular weight is 331 g/mol. The van der Waals surface area contributed by atoms with Gasteiger partial charge in [0, 0.05) is 19.1 Å². The van der Waals surface area contributed by atoms with Crippen molar-refractivity contribution < 1.29 is 9.59 Å². The van der Waals surface area contributed by atoms with Gasteiger partial charge in [-0.2, -0.15) is 0 Å². The summed E-state index contributed by atoms with van der Waals surface area (Å²) in [5.74, 6) is -0.174. The van der Waals surface area contributed by atoms with E-state index in [0.29, 0.717) is 13.1 Å². The molecule has 2 amide bonds. The fourth-order valence-electron chi connectivity index (χ4n) is 3.26. The normalized spacial score (nSPS) is 20.3. The van der Waals surface area contributed by atoms with Gasteiger partial charge < -0.3 is 16.0 Å². The highest BCUT2D eigenvalue weighted by molar-refractivity contribution is 5.85. The number of nitrogens with zero attached hydrogens (tertiary/aromatic N) is 1. The van der Waals surface area contributed by atoms with Crippen molar-refractivity contribution in [2.75, 3.05) is 13.1 Å². The van der Waals surface area contributed by atoms with E-state index >= 15 is 0 Å². The first kappa shape index (κ1) is 18.5. The lowest BCUT2D eigenvalue weighted by Gasteiger charge is -2.34. The number of piperidine rings is 1. The first-order valence-electron chi connectivity index (χ1n) is 8.92. The lowest BCUT2D eigenvalue weighted by molar-refractivity contribution is -0.137. The van der Waals surface area contributed by atoms with Crippen molar-refractivity contribution in [1.29, 1.82) is 0 Å². The van der Waals surface area contributed by atoms with E-state index in [0.717, 1.165) is 31.2 Å². The molecule has 3 N–H and O–H groups in total. The summed E-state index contributed by atoms with van der Waals surface area (Å²) in [5.41, 5.74) is 6.93. The van der Waals surface area contributed by atoms with E-state index in [-0.39, 0.29) is 23.8 Å². The van der Waals surface area contributed by atoms with Crippen molar-refractivity contribution in [2.45, 2.75) is 51.6 Å². The molecule has 2 rings (SSSR count). The Balaban J connectivity index is 1.94. The molecular formula is C19H29N3O2. The van der Waals surface area contributed by atoms with E-state index in [4.69, 9.17) is 5.73 Å². The van der Waals surface area contributed by atoms with E-state index in [1.165, 1.54) is 0 Å². The monoisotopic (exact) mass is 331 g/mol. The number of nitrogens with two attached hydrogens (primary N) is 1. The van der Waals surface area contributed by atoms with Crippen LogP contribution in [0.25, 0.3) is 0 Å². The summed E-state index contributed by atoms with van der Waals surface area (Å²) in [7, 11) is 0. The Kier molecular flexibility index (Phi) is 6.79. The van der Waals surface area contributed by atoms with Crippen molar-refractivity contribution in [1.82, 2.24) is 10.2 Å². The summed E-state index contributed by atoms with van der Waals surface area (Å²) in [4.78, 5) is 26.8. The number of hydrogen-bond donors (Lipinski definition) is 2. The predicted octanol–water partition coefficient (Wildman–Crippen LogP) is 2.23. The topological polar surface area (TPSA) is 75.4 Å². The zero-order valence-electron chi connectivity index (χ0n) is 14.7. The van der Waals surface area contributed by atoms with Gasteiger partial charge >= 0.3 is 0 Å². The minimum atomic E-state index is -0.660. The number of carbonyl (C=O) groups is 2. The highest BCUT2D eigenvalue weighted by Crippen LogP contribution is 2.21. The van der Waals surface area contributed by atoms with Gasteiger partial charge in [-0.1, -0.05) is 43.7 Å². The van der Waals surface area contributed by atoms with Crippen LogP contribution < -0.4 is 11.1 Å². The molecule has 1 aromatic rings. The molecule has 1 saturated heterocycles. The molecular weight excluding hydrogens is 302 g/mol. The SMILES string of the molecule is CCCC(C)NC(=O)C1CCCN(C(=O)C(N)c2ccccc2)C1. The number of nitrogens with one attached hydrogen (secondary N) is 1. The molecule has 1 aromatic carbocycles. The van der Waals surface area contributed by atoms with Crippen LogP contribution in [-0.4, -0.2) is 35.8 Å². The second-order valence-electron chi connectivity index (χ2n) is 6.71. The number of hydrogen-bond acceptors (Lipinski definition) is 3. The van der Waals surface area contributed by atoms with E-state index < -0.39 is 6.04 Å². The molecule has 0 aliphatic carbocycles. The molecule has 5 heteroatoms. The van der Waals surface area contributed by atoms with Crippen molar-refractivity contribution in [3.05, 3.63) is 35.9 Å². The summed E-state index contributed by atoms with van der Waals surface area (Å²) in [6.07, 6.45) is 3.69. The van der Waals surface area contributed by atoms with Crippen molar-refractivity contribution in [3.8, 4) is 0 Å². The largest absolute Gasteiger partial charge is 0.353 e. The Labute approximate surface area is 144 Å². The van der Waals surface area contributed by atoms with Crippen LogP contribution in [0.4, 0.5) is 0 Å². The summed E-state index contributed by atoms with van der Waals surface area (Å²) < 4.78 is 0. The minimum Gasteiger partial charge on any atom is -0.353 e. The van der Waals surface area contributed by atoms with Crippen LogP contribution in [0.1, 0.15) is 51.1 Å². The maximum atomic E-state index is 12.7. The van der Waals surface area contributed by atoms with Crippen LogP contribution in [-0.2, 0) is 9.59 Å². The lowest BCUT2D eigenvalue weighted by Crippen LogP contribution is -2.49. The Hall–Kier alpha value is -1.88. The van der Waals surface area contributed by atoms with Crippen LogP contribution in [0.5, 0.6) is 0 Å². The summed E-state index contributed by atoms with van der Waals surface area (Å²) in [6.45, 7) is 5.27. The standard InChI is InChI=1S/C19H29N3O2/c1-3-8-14(2)21-18(23)16-11-7-12-22(13-16)19(24)17(20)15-9-5-4-6-10-15/h4-6,9-10,14,16-17H,3,7-8,11-13,20H2,1-2H3,(H,21,23). The van der Waals surface area contributed by atoms with Crippen molar-refractivity contribution in [3.63, 3.8) is 0 Å². The Morgan fingerprint density at radius 1 is 1.33 bits per heavy atom. The van der Waals surface area contributed by atoms with Gasteiger partial charge in [0.1, 0.15) is 6.04 Å².